The number of rotatable bonds is 11. The molecule has 10 nitrogen and oxygen atoms in total. The highest BCUT2D eigenvalue weighted by Gasteiger charge is 2.25. The van der Waals surface area contributed by atoms with Gasteiger partial charge in [0.2, 0.25) is 5.91 Å². The third kappa shape index (κ3) is 7.11. The van der Waals surface area contributed by atoms with Crippen molar-refractivity contribution in [3.05, 3.63) is 47.8 Å². The lowest BCUT2D eigenvalue weighted by molar-refractivity contribution is -0.145. The van der Waals surface area contributed by atoms with Crippen LogP contribution in [-0.4, -0.2) is 88.8 Å². The summed E-state index contributed by atoms with van der Waals surface area (Å²) < 4.78 is 12.6. The summed E-state index contributed by atoms with van der Waals surface area (Å²) in [4.78, 5) is 28.8. The fraction of sp³-hybridized carbons (Fsp3) is 0.545. The second-order valence-corrected chi connectivity index (χ2v) is 7.50. The Morgan fingerprint density at radius 2 is 1.75 bits per heavy atom. The molecule has 2 heterocycles. The Hall–Kier alpha value is -2.82. The normalized spacial score (nSPS) is 14.7. The zero-order valence-electron chi connectivity index (χ0n) is 18.8. The van der Waals surface area contributed by atoms with E-state index in [1.165, 1.54) is 0 Å². The quantitative estimate of drug-likeness (QED) is 0.510. The maximum absolute atomic E-state index is 12.8. The Labute approximate surface area is 188 Å². The average Bonchev–Trinajstić information content (AvgIpc) is 3.27. The minimum absolute atomic E-state index is 0.0188. The third-order valence-electron chi connectivity index (χ3n) is 5.16. The van der Waals surface area contributed by atoms with E-state index in [0.29, 0.717) is 64.7 Å². The minimum Gasteiger partial charge on any atom is -0.351 e. The number of carbonyl (C=O) groups is 2. The van der Waals surface area contributed by atoms with E-state index in [1.54, 1.807) is 15.8 Å². The SMILES string of the molecule is CCOC(Cn1cc(C(=O)N2CCN(CC(=O)NCc3ccccc3)CC2)nn1)OCC. The number of hydrogen-bond donors (Lipinski definition) is 1. The van der Waals surface area contributed by atoms with Crippen molar-refractivity contribution in [3.63, 3.8) is 0 Å². The fourth-order valence-corrected chi connectivity index (χ4v) is 3.49. The number of nitrogens with one attached hydrogen (secondary N) is 1. The molecule has 0 bridgehead atoms. The molecule has 1 fully saturated rings. The Balaban J connectivity index is 1.42. The van der Waals surface area contributed by atoms with Crippen molar-refractivity contribution in [3.8, 4) is 0 Å². The van der Waals surface area contributed by atoms with E-state index in [9.17, 15) is 9.59 Å². The number of amides is 2. The molecule has 1 saturated heterocycles. The van der Waals surface area contributed by atoms with Crippen LogP contribution in [0.25, 0.3) is 0 Å². The molecular weight excluding hydrogens is 412 g/mol. The summed E-state index contributed by atoms with van der Waals surface area (Å²) in [5, 5.41) is 11.0. The molecule has 174 valence electrons. The number of nitrogens with zero attached hydrogens (tertiary/aromatic N) is 5. The molecule has 1 aromatic heterocycles. The van der Waals surface area contributed by atoms with Gasteiger partial charge in [-0.15, -0.1) is 5.10 Å². The van der Waals surface area contributed by atoms with Crippen molar-refractivity contribution in [1.82, 2.24) is 30.1 Å². The van der Waals surface area contributed by atoms with Crippen molar-refractivity contribution < 1.29 is 19.1 Å². The van der Waals surface area contributed by atoms with Crippen LogP contribution in [0.4, 0.5) is 0 Å². The number of piperazine rings is 1. The molecule has 1 aliphatic rings. The van der Waals surface area contributed by atoms with Crippen LogP contribution < -0.4 is 5.32 Å². The van der Waals surface area contributed by atoms with Gasteiger partial charge in [-0.05, 0) is 19.4 Å². The van der Waals surface area contributed by atoms with Gasteiger partial charge < -0.3 is 19.7 Å². The van der Waals surface area contributed by atoms with E-state index in [-0.39, 0.29) is 11.8 Å². The zero-order chi connectivity index (χ0) is 22.8. The highest BCUT2D eigenvalue weighted by molar-refractivity contribution is 5.92. The Kier molecular flexibility index (Phi) is 9.14. The van der Waals surface area contributed by atoms with Gasteiger partial charge in [-0.3, -0.25) is 14.5 Å². The van der Waals surface area contributed by atoms with Crippen molar-refractivity contribution in [2.24, 2.45) is 0 Å². The van der Waals surface area contributed by atoms with Gasteiger partial charge in [0.05, 0.1) is 19.3 Å². The standard InChI is InChI=1S/C22H32N6O4/c1-3-31-21(32-4-2)17-28-15-19(24-25-28)22(30)27-12-10-26(11-13-27)16-20(29)23-14-18-8-6-5-7-9-18/h5-9,15,21H,3-4,10-14,16-17H2,1-2H3,(H,23,29). The lowest BCUT2D eigenvalue weighted by atomic mass is 10.2. The van der Waals surface area contributed by atoms with Gasteiger partial charge in [0.1, 0.15) is 0 Å². The molecule has 2 amide bonds. The van der Waals surface area contributed by atoms with Crippen LogP contribution in [0.2, 0.25) is 0 Å². The van der Waals surface area contributed by atoms with E-state index < -0.39 is 6.29 Å². The molecule has 0 aliphatic carbocycles. The zero-order valence-corrected chi connectivity index (χ0v) is 18.8. The maximum atomic E-state index is 12.8. The Morgan fingerprint density at radius 3 is 2.41 bits per heavy atom. The lowest BCUT2D eigenvalue weighted by Crippen LogP contribution is -2.51. The molecule has 32 heavy (non-hydrogen) atoms. The van der Waals surface area contributed by atoms with E-state index in [4.69, 9.17) is 9.47 Å². The van der Waals surface area contributed by atoms with Gasteiger partial charge in [0.15, 0.2) is 12.0 Å². The van der Waals surface area contributed by atoms with E-state index in [0.717, 1.165) is 5.56 Å². The predicted octanol–water partition coefficient (Wildman–Crippen LogP) is 0.751. The molecule has 0 unspecified atom stereocenters. The molecule has 1 aromatic carbocycles. The average molecular weight is 445 g/mol. The summed E-state index contributed by atoms with van der Waals surface area (Å²) in [5.41, 5.74) is 1.36. The summed E-state index contributed by atoms with van der Waals surface area (Å²) in [6, 6.07) is 9.81. The summed E-state index contributed by atoms with van der Waals surface area (Å²) in [6.45, 7) is 8.40. The molecular formula is C22H32N6O4. The topological polar surface area (TPSA) is 102 Å². The van der Waals surface area contributed by atoms with E-state index >= 15 is 0 Å². The minimum atomic E-state index is -0.425. The molecule has 2 aromatic rings. The van der Waals surface area contributed by atoms with E-state index in [1.807, 2.05) is 44.2 Å². The molecule has 0 atom stereocenters. The largest absolute Gasteiger partial charge is 0.351 e. The first-order chi connectivity index (χ1) is 15.6. The van der Waals surface area contributed by atoms with Gasteiger partial charge in [-0.2, -0.15) is 0 Å². The van der Waals surface area contributed by atoms with E-state index in [2.05, 4.69) is 20.5 Å². The molecule has 0 spiro atoms. The van der Waals surface area contributed by atoms with Gasteiger partial charge in [-0.25, -0.2) is 4.68 Å². The van der Waals surface area contributed by atoms with Crippen LogP contribution in [0.5, 0.6) is 0 Å². The predicted molar refractivity (Wildman–Crippen MR) is 118 cm³/mol. The molecule has 3 rings (SSSR count). The van der Waals surface area contributed by atoms with Crippen LogP contribution in [0.1, 0.15) is 29.9 Å². The fourth-order valence-electron chi connectivity index (χ4n) is 3.49. The number of aromatic nitrogens is 3. The Bertz CT molecular complexity index is 845. The van der Waals surface area contributed by atoms with Crippen LogP contribution in [-0.2, 0) is 27.4 Å². The van der Waals surface area contributed by atoms with Crippen molar-refractivity contribution >= 4 is 11.8 Å². The van der Waals surface area contributed by atoms with Crippen LogP contribution in [0, 0.1) is 0 Å². The molecule has 0 saturated carbocycles. The number of hydrogen-bond acceptors (Lipinski definition) is 7. The summed E-state index contributed by atoms with van der Waals surface area (Å²) in [5.74, 6) is -0.177. The molecule has 1 aliphatic heterocycles. The number of carbonyl (C=O) groups excluding carboxylic acids is 2. The highest BCUT2D eigenvalue weighted by atomic mass is 16.7. The number of benzene rings is 1. The lowest BCUT2D eigenvalue weighted by Gasteiger charge is -2.33. The van der Waals surface area contributed by atoms with Gasteiger partial charge >= 0.3 is 0 Å². The molecule has 0 radical (unpaired) electrons. The molecule has 10 heteroatoms. The van der Waals surface area contributed by atoms with Crippen LogP contribution in [0.15, 0.2) is 36.5 Å². The van der Waals surface area contributed by atoms with Crippen molar-refractivity contribution in [2.45, 2.75) is 33.2 Å². The smallest absolute Gasteiger partial charge is 0.276 e. The maximum Gasteiger partial charge on any atom is 0.276 e. The first-order valence-corrected chi connectivity index (χ1v) is 11.0. The van der Waals surface area contributed by atoms with Gasteiger partial charge in [0.25, 0.3) is 5.91 Å². The van der Waals surface area contributed by atoms with Crippen molar-refractivity contribution in [2.75, 3.05) is 45.9 Å². The summed E-state index contributed by atoms with van der Waals surface area (Å²) >= 11 is 0. The summed E-state index contributed by atoms with van der Waals surface area (Å²) in [7, 11) is 0. The Morgan fingerprint density at radius 1 is 1.06 bits per heavy atom. The number of ether oxygens (including phenoxy) is 2. The van der Waals surface area contributed by atoms with Gasteiger partial charge in [0, 0.05) is 45.9 Å². The monoisotopic (exact) mass is 444 g/mol. The van der Waals surface area contributed by atoms with Crippen LogP contribution >= 0.6 is 0 Å². The third-order valence-corrected chi connectivity index (χ3v) is 5.16. The molecule has 1 N–H and O–H groups in total. The first-order valence-electron chi connectivity index (χ1n) is 11.0. The highest BCUT2D eigenvalue weighted by Crippen LogP contribution is 2.08. The summed E-state index contributed by atoms with van der Waals surface area (Å²) in [6.07, 6.45) is 1.20. The first kappa shape index (κ1) is 23.8. The van der Waals surface area contributed by atoms with Crippen molar-refractivity contribution in [1.29, 1.82) is 0 Å². The van der Waals surface area contributed by atoms with Crippen LogP contribution in [0.3, 0.4) is 0 Å². The van der Waals surface area contributed by atoms with Gasteiger partial charge in [-0.1, -0.05) is 35.5 Å². The second kappa shape index (κ2) is 12.3. The second-order valence-electron chi connectivity index (χ2n) is 7.50.